The third-order valence-electron chi connectivity index (χ3n) is 5.99. The summed E-state index contributed by atoms with van der Waals surface area (Å²) in [6, 6.07) is 17.1. The number of amides is 2. The third-order valence-corrected chi connectivity index (χ3v) is 6.24. The number of nitrogens with one attached hydrogen (secondary N) is 1. The van der Waals surface area contributed by atoms with Gasteiger partial charge in [-0.25, -0.2) is 0 Å². The molecular formula is C26H28ClN3O3. The van der Waals surface area contributed by atoms with Crippen LogP contribution in [0, 0.1) is 0 Å². The Kier molecular flexibility index (Phi) is 7.04. The van der Waals surface area contributed by atoms with Gasteiger partial charge in [-0.1, -0.05) is 36.6 Å². The number of hydrogen-bond acceptors (Lipinski definition) is 4. The number of rotatable bonds is 7. The van der Waals surface area contributed by atoms with Crippen LogP contribution in [0.3, 0.4) is 0 Å². The Morgan fingerprint density at radius 3 is 2.18 bits per heavy atom. The van der Waals surface area contributed by atoms with Crippen molar-refractivity contribution in [2.75, 3.05) is 23.9 Å². The molecule has 33 heavy (non-hydrogen) atoms. The summed E-state index contributed by atoms with van der Waals surface area (Å²) in [7, 11) is 3.92. The third kappa shape index (κ3) is 5.22. The number of carbonyl (C=O) groups is 2. The molecule has 0 aliphatic heterocycles. The Labute approximate surface area is 199 Å². The molecule has 0 radical (unpaired) electrons. The molecule has 6 nitrogen and oxygen atoms in total. The molecule has 1 aliphatic rings. The minimum atomic E-state index is -0.874. The van der Waals surface area contributed by atoms with Crippen molar-refractivity contribution < 1.29 is 14.0 Å². The van der Waals surface area contributed by atoms with Crippen LogP contribution < -0.4 is 15.1 Å². The first-order valence-electron chi connectivity index (χ1n) is 11.1. The molecule has 1 aromatic heterocycles. The first-order chi connectivity index (χ1) is 15.9. The molecule has 1 N–H and O–H groups in total. The highest BCUT2D eigenvalue weighted by Crippen LogP contribution is 2.32. The molecule has 172 valence electrons. The largest absolute Gasteiger partial charge is 0.459 e. The predicted octanol–water partition coefficient (Wildman–Crippen LogP) is 5.45. The topological polar surface area (TPSA) is 65.8 Å². The van der Waals surface area contributed by atoms with Gasteiger partial charge in [0.15, 0.2) is 5.76 Å². The van der Waals surface area contributed by atoms with Gasteiger partial charge in [-0.15, -0.1) is 0 Å². The van der Waals surface area contributed by atoms with E-state index in [1.54, 1.807) is 36.4 Å². The van der Waals surface area contributed by atoms with E-state index >= 15 is 0 Å². The highest BCUT2D eigenvalue weighted by atomic mass is 35.5. The maximum atomic E-state index is 13.7. The fraction of sp³-hybridized carbons (Fsp3) is 0.308. The average molecular weight is 466 g/mol. The van der Waals surface area contributed by atoms with Crippen LogP contribution in [0.2, 0.25) is 5.02 Å². The summed E-state index contributed by atoms with van der Waals surface area (Å²) in [5.41, 5.74) is 2.28. The van der Waals surface area contributed by atoms with Gasteiger partial charge in [0.05, 0.1) is 6.26 Å². The molecule has 1 aliphatic carbocycles. The van der Waals surface area contributed by atoms with Crippen LogP contribution in [0.25, 0.3) is 0 Å². The van der Waals surface area contributed by atoms with Gasteiger partial charge in [0.1, 0.15) is 6.04 Å². The highest BCUT2D eigenvalue weighted by Gasteiger charge is 2.35. The maximum absolute atomic E-state index is 13.7. The van der Waals surface area contributed by atoms with Gasteiger partial charge in [0.25, 0.3) is 5.91 Å². The van der Waals surface area contributed by atoms with Gasteiger partial charge in [0.2, 0.25) is 5.91 Å². The number of carbonyl (C=O) groups excluding carboxylic acids is 2. The molecule has 2 aromatic carbocycles. The lowest BCUT2D eigenvalue weighted by molar-refractivity contribution is -0.123. The van der Waals surface area contributed by atoms with E-state index in [0.717, 1.165) is 31.4 Å². The lowest BCUT2D eigenvalue weighted by Crippen LogP contribution is -2.46. The van der Waals surface area contributed by atoms with E-state index in [0.29, 0.717) is 16.3 Å². The van der Waals surface area contributed by atoms with Crippen LogP contribution in [-0.2, 0) is 4.79 Å². The molecular weight excluding hydrogens is 438 g/mol. The van der Waals surface area contributed by atoms with Gasteiger partial charge in [-0.3, -0.25) is 14.5 Å². The minimum Gasteiger partial charge on any atom is -0.459 e. The Morgan fingerprint density at radius 2 is 1.61 bits per heavy atom. The van der Waals surface area contributed by atoms with Gasteiger partial charge >= 0.3 is 0 Å². The van der Waals surface area contributed by atoms with Crippen molar-refractivity contribution in [1.29, 1.82) is 0 Å². The molecule has 0 spiro atoms. The number of furan rings is 1. The Balaban J connectivity index is 1.79. The summed E-state index contributed by atoms with van der Waals surface area (Å²) in [4.78, 5) is 30.8. The second kappa shape index (κ2) is 10.1. The van der Waals surface area contributed by atoms with Crippen molar-refractivity contribution >= 4 is 34.8 Å². The minimum absolute atomic E-state index is 0.117. The summed E-state index contributed by atoms with van der Waals surface area (Å²) >= 11 is 6.11. The van der Waals surface area contributed by atoms with Crippen LogP contribution in [0.1, 0.15) is 47.8 Å². The number of hydrogen-bond donors (Lipinski definition) is 1. The van der Waals surface area contributed by atoms with E-state index in [2.05, 4.69) is 5.32 Å². The molecule has 7 heteroatoms. The lowest BCUT2D eigenvalue weighted by Gasteiger charge is -2.32. The summed E-state index contributed by atoms with van der Waals surface area (Å²) in [5, 5.41) is 3.72. The Hall–Kier alpha value is -3.25. The molecule has 1 heterocycles. The Morgan fingerprint density at radius 1 is 0.970 bits per heavy atom. The van der Waals surface area contributed by atoms with Crippen LogP contribution in [0.15, 0.2) is 71.3 Å². The summed E-state index contributed by atoms with van der Waals surface area (Å²) in [5.74, 6) is -0.450. The smallest absolute Gasteiger partial charge is 0.294 e. The van der Waals surface area contributed by atoms with Crippen molar-refractivity contribution in [1.82, 2.24) is 5.32 Å². The zero-order valence-corrected chi connectivity index (χ0v) is 19.6. The van der Waals surface area contributed by atoms with E-state index in [9.17, 15) is 9.59 Å². The standard InChI is InChI=1S/C26H28ClN3O3/c1-29(2)21-13-9-18(10-14-21)24(25(31)28-20-6-3-4-7-20)30(22-15-11-19(27)12-16-22)26(32)23-8-5-17-33-23/h5,8-17,20,24H,3-4,6-7H2,1-2H3,(H,28,31)/t24-/m0/s1. The number of halogens is 1. The maximum Gasteiger partial charge on any atom is 0.294 e. The van der Waals surface area contributed by atoms with Crippen molar-refractivity contribution in [3.05, 3.63) is 83.3 Å². The zero-order chi connectivity index (χ0) is 23.4. The van der Waals surface area contributed by atoms with Gasteiger partial charge in [0, 0.05) is 36.5 Å². The van der Waals surface area contributed by atoms with E-state index in [1.165, 1.54) is 11.2 Å². The van der Waals surface area contributed by atoms with Gasteiger partial charge in [-0.2, -0.15) is 0 Å². The predicted molar refractivity (Wildman–Crippen MR) is 131 cm³/mol. The summed E-state index contributed by atoms with van der Waals surface area (Å²) < 4.78 is 5.42. The molecule has 3 aromatic rings. The van der Waals surface area contributed by atoms with E-state index in [1.807, 2.05) is 43.3 Å². The van der Waals surface area contributed by atoms with E-state index < -0.39 is 11.9 Å². The molecule has 4 rings (SSSR count). The lowest BCUT2D eigenvalue weighted by atomic mass is 10.0. The molecule has 1 saturated carbocycles. The molecule has 1 atom stereocenters. The average Bonchev–Trinajstić information content (AvgIpc) is 3.52. The van der Waals surface area contributed by atoms with Crippen LogP contribution in [0.4, 0.5) is 11.4 Å². The van der Waals surface area contributed by atoms with Gasteiger partial charge in [-0.05, 0) is 66.9 Å². The Bertz CT molecular complexity index is 1070. The summed E-state index contributed by atoms with van der Waals surface area (Å²) in [6.45, 7) is 0. The van der Waals surface area contributed by atoms with E-state index in [-0.39, 0.29) is 17.7 Å². The van der Waals surface area contributed by atoms with Crippen molar-refractivity contribution in [2.45, 2.75) is 37.8 Å². The second-order valence-corrected chi connectivity index (χ2v) is 8.94. The number of benzene rings is 2. The van der Waals surface area contributed by atoms with Crippen LogP contribution in [0.5, 0.6) is 0 Å². The monoisotopic (exact) mass is 465 g/mol. The first-order valence-corrected chi connectivity index (χ1v) is 11.5. The van der Waals surface area contributed by atoms with Crippen LogP contribution in [-0.4, -0.2) is 32.0 Å². The van der Waals surface area contributed by atoms with Crippen molar-refractivity contribution in [3.8, 4) is 0 Å². The van der Waals surface area contributed by atoms with E-state index in [4.69, 9.17) is 16.0 Å². The van der Waals surface area contributed by atoms with Crippen molar-refractivity contribution in [2.24, 2.45) is 0 Å². The molecule has 1 fully saturated rings. The normalized spacial score (nSPS) is 14.6. The highest BCUT2D eigenvalue weighted by molar-refractivity contribution is 6.30. The fourth-order valence-electron chi connectivity index (χ4n) is 4.23. The number of anilines is 2. The first kappa shape index (κ1) is 22.9. The molecule has 0 bridgehead atoms. The van der Waals surface area contributed by atoms with Crippen molar-refractivity contribution in [3.63, 3.8) is 0 Å². The molecule has 2 amide bonds. The SMILES string of the molecule is CN(C)c1ccc([C@@H](C(=O)NC2CCCC2)N(C(=O)c2ccco2)c2ccc(Cl)cc2)cc1. The van der Waals surface area contributed by atoms with Crippen LogP contribution >= 0.6 is 11.6 Å². The number of nitrogens with zero attached hydrogens (tertiary/aromatic N) is 2. The van der Waals surface area contributed by atoms with Gasteiger partial charge < -0.3 is 14.6 Å². The quantitative estimate of drug-likeness (QED) is 0.504. The molecule has 0 unspecified atom stereocenters. The fourth-order valence-corrected chi connectivity index (χ4v) is 4.35. The second-order valence-electron chi connectivity index (χ2n) is 8.51. The zero-order valence-electron chi connectivity index (χ0n) is 18.8. The summed E-state index contributed by atoms with van der Waals surface area (Å²) in [6.07, 6.45) is 5.54. The molecule has 0 saturated heterocycles.